The summed E-state index contributed by atoms with van der Waals surface area (Å²) in [5.41, 5.74) is -1.23. The first-order chi connectivity index (χ1) is 9.88. The second-order valence-electron chi connectivity index (χ2n) is 5.51. The SMILES string of the molecule is CC1CCC(Nc2cc(C(=O)O)c([N+](=O)[O-])cc2F)CC1. The molecule has 1 aromatic carbocycles. The molecule has 0 atom stereocenters. The number of hydrogen-bond donors (Lipinski definition) is 2. The second kappa shape index (κ2) is 6.07. The maximum absolute atomic E-state index is 13.9. The van der Waals surface area contributed by atoms with Gasteiger partial charge in [-0.2, -0.15) is 0 Å². The van der Waals surface area contributed by atoms with E-state index in [9.17, 15) is 19.3 Å². The summed E-state index contributed by atoms with van der Waals surface area (Å²) in [4.78, 5) is 21.0. The largest absolute Gasteiger partial charge is 0.477 e. The van der Waals surface area contributed by atoms with E-state index in [2.05, 4.69) is 12.2 Å². The average molecular weight is 296 g/mol. The Morgan fingerprint density at radius 2 is 2.00 bits per heavy atom. The minimum Gasteiger partial charge on any atom is -0.477 e. The van der Waals surface area contributed by atoms with Crippen molar-refractivity contribution in [2.45, 2.75) is 38.6 Å². The van der Waals surface area contributed by atoms with Crippen LogP contribution in [0, 0.1) is 21.8 Å². The molecule has 1 aliphatic carbocycles. The summed E-state index contributed by atoms with van der Waals surface area (Å²) in [6, 6.07) is 1.74. The number of halogens is 1. The summed E-state index contributed by atoms with van der Waals surface area (Å²) in [5, 5.41) is 22.8. The molecule has 2 N–H and O–H groups in total. The molecule has 7 heteroatoms. The summed E-state index contributed by atoms with van der Waals surface area (Å²) >= 11 is 0. The lowest BCUT2D eigenvalue weighted by molar-refractivity contribution is -0.385. The smallest absolute Gasteiger partial charge is 0.342 e. The van der Waals surface area contributed by atoms with E-state index in [1.807, 2.05) is 0 Å². The number of hydrogen-bond acceptors (Lipinski definition) is 4. The monoisotopic (exact) mass is 296 g/mol. The van der Waals surface area contributed by atoms with E-state index in [1.54, 1.807) is 0 Å². The van der Waals surface area contributed by atoms with Gasteiger partial charge in [0.05, 0.1) is 16.7 Å². The number of rotatable bonds is 4. The molecule has 6 nitrogen and oxygen atoms in total. The van der Waals surface area contributed by atoms with Gasteiger partial charge in [-0.15, -0.1) is 0 Å². The van der Waals surface area contributed by atoms with Gasteiger partial charge in [0, 0.05) is 6.04 Å². The summed E-state index contributed by atoms with van der Waals surface area (Å²) in [6.07, 6.45) is 3.80. The molecular formula is C14H17FN2O4. The highest BCUT2D eigenvalue weighted by molar-refractivity contribution is 5.93. The molecule has 1 saturated carbocycles. The van der Waals surface area contributed by atoms with Gasteiger partial charge in [0.2, 0.25) is 0 Å². The lowest BCUT2D eigenvalue weighted by Gasteiger charge is -2.27. The summed E-state index contributed by atoms with van der Waals surface area (Å²) in [6.45, 7) is 2.16. The zero-order chi connectivity index (χ0) is 15.6. The van der Waals surface area contributed by atoms with Crippen LogP contribution in [0.3, 0.4) is 0 Å². The van der Waals surface area contributed by atoms with Crippen LogP contribution in [0.1, 0.15) is 43.0 Å². The first kappa shape index (κ1) is 15.2. The van der Waals surface area contributed by atoms with Crippen LogP contribution in [0.5, 0.6) is 0 Å². The average Bonchev–Trinajstić information content (AvgIpc) is 2.42. The zero-order valence-electron chi connectivity index (χ0n) is 11.6. The van der Waals surface area contributed by atoms with Crippen LogP contribution in [0.15, 0.2) is 12.1 Å². The van der Waals surface area contributed by atoms with Crippen LogP contribution >= 0.6 is 0 Å². The van der Waals surface area contributed by atoms with Gasteiger partial charge in [-0.25, -0.2) is 9.18 Å². The van der Waals surface area contributed by atoms with Crippen molar-refractivity contribution in [3.63, 3.8) is 0 Å². The number of anilines is 1. The first-order valence-electron chi connectivity index (χ1n) is 6.86. The third-order valence-electron chi connectivity index (χ3n) is 3.89. The molecule has 0 unspecified atom stereocenters. The van der Waals surface area contributed by atoms with Crippen LogP contribution in [0.25, 0.3) is 0 Å². The fourth-order valence-electron chi connectivity index (χ4n) is 2.62. The molecule has 1 aliphatic rings. The van der Waals surface area contributed by atoms with Gasteiger partial charge in [0.25, 0.3) is 5.69 Å². The molecule has 0 aromatic heterocycles. The fourth-order valence-corrected chi connectivity index (χ4v) is 2.62. The highest BCUT2D eigenvalue weighted by atomic mass is 19.1. The van der Waals surface area contributed by atoms with Gasteiger partial charge in [0.15, 0.2) is 5.82 Å². The Morgan fingerprint density at radius 1 is 1.38 bits per heavy atom. The van der Waals surface area contributed by atoms with Crippen molar-refractivity contribution in [1.82, 2.24) is 0 Å². The van der Waals surface area contributed by atoms with Crippen molar-refractivity contribution in [2.24, 2.45) is 5.92 Å². The maximum atomic E-state index is 13.9. The Morgan fingerprint density at radius 3 is 2.52 bits per heavy atom. The van der Waals surface area contributed by atoms with Crippen LogP contribution in [-0.2, 0) is 0 Å². The number of carboxylic acids is 1. The zero-order valence-corrected chi connectivity index (χ0v) is 11.6. The summed E-state index contributed by atoms with van der Waals surface area (Å²) in [5.74, 6) is -1.60. The number of nitrogens with one attached hydrogen (secondary N) is 1. The molecule has 114 valence electrons. The molecule has 1 fully saturated rings. The molecule has 0 spiro atoms. The fraction of sp³-hybridized carbons (Fsp3) is 0.500. The highest BCUT2D eigenvalue weighted by Crippen LogP contribution is 2.30. The molecule has 1 aromatic rings. The molecule has 0 amide bonds. The first-order valence-corrected chi connectivity index (χ1v) is 6.86. The van der Waals surface area contributed by atoms with Gasteiger partial charge in [-0.3, -0.25) is 10.1 Å². The standard InChI is InChI=1S/C14H17FN2O4/c1-8-2-4-9(5-3-8)16-12-6-10(14(18)19)13(17(20)21)7-11(12)15/h6-9,16H,2-5H2,1H3,(H,18,19). The van der Waals surface area contributed by atoms with Crippen molar-refractivity contribution in [1.29, 1.82) is 0 Å². The van der Waals surface area contributed by atoms with Crippen LogP contribution in [-0.4, -0.2) is 22.0 Å². The lowest BCUT2D eigenvalue weighted by atomic mass is 9.87. The molecule has 0 saturated heterocycles. The molecule has 0 heterocycles. The van der Waals surface area contributed by atoms with E-state index in [0.717, 1.165) is 31.7 Å². The van der Waals surface area contributed by atoms with Crippen LogP contribution in [0.2, 0.25) is 0 Å². The van der Waals surface area contributed by atoms with Gasteiger partial charge in [-0.1, -0.05) is 6.92 Å². The van der Waals surface area contributed by atoms with E-state index in [-0.39, 0.29) is 11.7 Å². The summed E-state index contributed by atoms with van der Waals surface area (Å²) < 4.78 is 13.9. The van der Waals surface area contributed by atoms with Crippen molar-refractivity contribution in [3.05, 3.63) is 33.6 Å². The number of benzene rings is 1. The maximum Gasteiger partial charge on any atom is 0.342 e. The second-order valence-corrected chi connectivity index (χ2v) is 5.51. The van der Waals surface area contributed by atoms with Crippen LogP contribution in [0.4, 0.5) is 15.8 Å². The van der Waals surface area contributed by atoms with Crippen LogP contribution < -0.4 is 5.32 Å². The number of carbonyl (C=O) groups is 1. The normalized spacial score (nSPS) is 21.8. The minimum atomic E-state index is -1.44. The minimum absolute atomic E-state index is 0.0116. The number of nitro groups is 1. The Kier molecular flexibility index (Phi) is 4.40. The van der Waals surface area contributed by atoms with E-state index in [0.29, 0.717) is 12.0 Å². The Labute approximate surface area is 121 Å². The van der Waals surface area contributed by atoms with Gasteiger partial charge < -0.3 is 10.4 Å². The number of nitro benzene ring substituents is 1. The molecular weight excluding hydrogens is 279 g/mol. The van der Waals surface area contributed by atoms with E-state index < -0.39 is 28.0 Å². The highest BCUT2D eigenvalue weighted by Gasteiger charge is 2.25. The van der Waals surface area contributed by atoms with Crippen molar-refractivity contribution >= 4 is 17.3 Å². The van der Waals surface area contributed by atoms with Gasteiger partial charge in [0.1, 0.15) is 5.56 Å². The van der Waals surface area contributed by atoms with Gasteiger partial charge in [-0.05, 0) is 37.7 Å². The lowest BCUT2D eigenvalue weighted by Crippen LogP contribution is -2.25. The van der Waals surface area contributed by atoms with E-state index in [1.165, 1.54) is 0 Å². The Bertz CT molecular complexity index is 568. The van der Waals surface area contributed by atoms with Gasteiger partial charge >= 0.3 is 5.97 Å². The molecule has 2 rings (SSSR count). The van der Waals surface area contributed by atoms with E-state index in [4.69, 9.17) is 5.11 Å². The quantitative estimate of drug-likeness (QED) is 0.656. The number of nitrogens with zero attached hydrogens (tertiary/aromatic N) is 1. The number of carboxylic acid groups (broad SMARTS) is 1. The molecule has 21 heavy (non-hydrogen) atoms. The van der Waals surface area contributed by atoms with Crippen molar-refractivity contribution in [3.8, 4) is 0 Å². The third-order valence-corrected chi connectivity index (χ3v) is 3.89. The van der Waals surface area contributed by atoms with E-state index >= 15 is 0 Å². The Balaban J connectivity index is 2.25. The third kappa shape index (κ3) is 3.48. The molecule has 0 radical (unpaired) electrons. The molecule has 0 aliphatic heterocycles. The topological polar surface area (TPSA) is 92.5 Å². The molecule has 0 bridgehead atoms. The van der Waals surface area contributed by atoms with Crippen molar-refractivity contribution < 1.29 is 19.2 Å². The predicted molar refractivity (Wildman–Crippen MR) is 75.1 cm³/mol. The number of aromatic carboxylic acids is 1. The predicted octanol–water partition coefficient (Wildman–Crippen LogP) is 3.42. The Hall–Kier alpha value is -2.18. The summed E-state index contributed by atoms with van der Waals surface area (Å²) in [7, 11) is 0. The van der Waals surface area contributed by atoms with Crippen molar-refractivity contribution in [2.75, 3.05) is 5.32 Å².